The number of amides is 2. The Labute approximate surface area is 192 Å². The number of carbonyl (C=O) groups excluding carboxylic acids is 2. The van der Waals surface area contributed by atoms with Crippen molar-refractivity contribution in [3.8, 4) is 5.19 Å². The van der Waals surface area contributed by atoms with Gasteiger partial charge in [-0.25, -0.2) is 4.98 Å². The first-order chi connectivity index (χ1) is 15.1. The number of hydrogen-bond donors (Lipinski definition) is 0. The highest BCUT2D eigenvalue weighted by Gasteiger charge is 2.38. The average molecular weight is 500 g/mol. The number of anilines is 1. The number of nitrogens with zero attached hydrogens (tertiary/aromatic N) is 3. The van der Waals surface area contributed by atoms with Crippen molar-refractivity contribution in [3.63, 3.8) is 0 Å². The molecule has 1 atom stereocenters. The Bertz CT molecular complexity index is 1090. The van der Waals surface area contributed by atoms with E-state index in [4.69, 9.17) is 4.74 Å². The molecule has 2 aliphatic rings. The van der Waals surface area contributed by atoms with E-state index >= 15 is 0 Å². The highest BCUT2D eigenvalue weighted by atomic mass is 79.9. The monoisotopic (exact) mass is 499 g/mol. The van der Waals surface area contributed by atoms with Gasteiger partial charge >= 0.3 is 0 Å². The summed E-state index contributed by atoms with van der Waals surface area (Å²) in [5, 5.41) is 0.692. The van der Waals surface area contributed by atoms with Gasteiger partial charge in [0.2, 0.25) is 11.8 Å². The molecule has 5 rings (SSSR count). The molecule has 0 N–H and O–H groups in total. The fraction of sp³-hybridized carbons (Fsp3) is 0.348. The van der Waals surface area contributed by atoms with Crippen LogP contribution >= 0.6 is 27.3 Å². The molecule has 2 fully saturated rings. The quantitative estimate of drug-likeness (QED) is 0.530. The van der Waals surface area contributed by atoms with E-state index in [0.717, 1.165) is 33.2 Å². The summed E-state index contributed by atoms with van der Waals surface area (Å²) in [4.78, 5) is 33.7. The molecule has 1 aromatic heterocycles. The number of ether oxygens (including phenoxy) is 1. The predicted molar refractivity (Wildman–Crippen MR) is 124 cm³/mol. The summed E-state index contributed by atoms with van der Waals surface area (Å²) in [6.07, 6.45) is 1.89. The van der Waals surface area contributed by atoms with Crippen LogP contribution in [0.25, 0.3) is 10.2 Å². The molecular weight excluding hydrogens is 478 g/mol. The number of halogens is 1. The maximum atomic E-state index is 13.1. The van der Waals surface area contributed by atoms with E-state index in [1.165, 1.54) is 0 Å². The summed E-state index contributed by atoms with van der Waals surface area (Å²) in [7, 11) is 0. The van der Waals surface area contributed by atoms with Crippen molar-refractivity contribution in [2.45, 2.75) is 25.4 Å². The van der Waals surface area contributed by atoms with Crippen molar-refractivity contribution in [1.29, 1.82) is 0 Å². The number of hydrogen-bond acceptors (Lipinski definition) is 5. The van der Waals surface area contributed by atoms with Crippen LogP contribution in [0.1, 0.15) is 19.3 Å². The number of thiazole rings is 1. The molecule has 6 nitrogen and oxygen atoms in total. The third kappa shape index (κ3) is 4.32. The van der Waals surface area contributed by atoms with Gasteiger partial charge in [0.05, 0.1) is 16.1 Å². The van der Waals surface area contributed by atoms with Crippen LogP contribution in [0.15, 0.2) is 53.0 Å². The van der Waals surface area contributed by atoms with Crippen LogP contribution in [0.3, 0.4) is 0 Å². The second-order valence-electron chi connectivity index (χ2n) is 7.98. The first kappa shape index (κ1) is 20.5. The van der Waals surface area contributed by atoms with Gasteiger partial charge in [-0.1, -0.05) is 45.5 Å². The summed E-state index contributed by atoms with van der Waals surface area (Å²) in [6.45, 7) is 1.74. The maximum Gasteiger partial charge on any atom is 0.274 e. The molecular formula is C23H22BrN3O3S. The number of likely N-dealkylation sites (tertiary alicyclic amines) is 1. The zero-order valence-electron chi connectivity index (χ0n) is 16.9. The first-order valence-corrected chi connectivity index (χ1v) is 12.0. The Balaban J connectivity index is 1.17. The largest absolute Gasteiger partial charge is 0.467 e. The van der Waals surface area contributed by atoms with Gasteiger partial charge in [0.1, 0.15) is 6.10 Å². The molecule has 0 spiro atoms. The van der Waals surface area contributed by atoms with Crippen molar-refractivity contribution in [2.75, 3.05) is 24.5 Å². The molecule has 3 aromatic rings. The lowest BCUT2D eigenvalue weighted by Gasteiger charge is -2.33. The number of rotatable bonds is 4. The molecule has 8 heteroatoms. The molecule has 3 heterocycles. The lowest BCUT2D eigenvalue weighted by atomic mass is 10.0. The summed E-state index contributed by atoms with van der Waals surface area (Å²) in [5.41, 5.74) is 1.79. The average Bonchev–Trinajstić information content (AvgIpc) is 3.36. The minimum atomic E-state index is -0.284. The Hall–Kier alpha value is -2.45. The summed E-state index contributed by atoms with van der Waals surface area (Å²) < 4.78 is 8.14. The second-order valence-corrected chi connectivity index (χ2v) is 9.88. The van der Waals surface area contributed by atoms with Gasteiger partial charge in [-0.05, 0) is 30.3 Å². The molecule has 160 valence electrons. The Morgan fingerprint density at radius 1 is 1.13 bits per heavy atom. The fourth-order valence-electron chi connectivity index (χ4n) is 4.26. The minimum Gasteiger partial charge on any atom is -0.467 e. The SMILES string of the molecule is O=C(C1CC(=O)N(c2cccc(Br)c2)C1)N1CCC(Oc2nc3ccccc3s2)CC1. The number of carbonyl (C=O) groups is 2. The molecule has 0 bridgehead atoms. The van der Waals surface area contributed by atoms with Crippen LogP contribution < -0.4 is 9.64 Å². The number of piperidine rings is 1. The first-order valence-electron chi connectivity index (χ1n) is 10.4. The van der Waals surface area contributed by atoms with Gasteiger partial charge in [0.15, 0.2) is 0 Å². The fourth-order valence-corrected chi connectivity index (χ4v) is 5.53. The van der Waals surface area contributed by atoms with Gasteiger partial charge in [-0.15, -0.1) is 0 Å². The normalized spacial score (nSPS) is 19.9. The van der Waals surface area contributed by atoms with Crippen molar-refractivity contribution < 1.29 is 14.3 Å². The molecule has 2 aromatic carbocycles. The van der Waals surface area contributed by atoms with E-state index in [0.29, 0.717) is 24.8 Å². The highest BCUT2D eigenvalue weighted by molar-refractivity contribution is 9.10. The van der Waals surface area contributed by atoms with Crippen LogP contribution in [0.4, 0.5) is 5.69 Å². The summed E-state index contributed by atoms with van der Waals surface area (Å²) in [5.74, 6) is -0.206. The van der Waals surface area contributed by atoms with Crippen LogP contribution in [0.5, 0.6) is 5.19 Å². The van der Waals surface area contributed by atoms with Crippen molar-refractivity contribution >= 4 is 55.0 Å². The smallest absolute Gasteiger partial charge is 0.274 e. The van der Waals surface area contributed by atoms with E-state index in [-0.39, 0.29) is 30.3 Å². The van der Waals surface area contributed by atoms with Gasteiger partial charge < -0.3 is 14.5 Å². The molecule has 1 unspecified atom stereocenters. The topological polar surface area (TPSA) is 62.7 Å². The molecule has 0 aliphatic carbocycles. The third-order valence-corrected chi connectivity index (χ3v) is 7.31. The van der Waals surface area contributed by atoms with Crippen LogP contribution in [-0.4, -0.2) is 47.4 Å². The van der Waals surface area contributed by atoms with E-state index in [9.17, 15) is 9.59 Å². The molecule has 2 amide bonds. The lowest BCUT2D eigenvalue weighted by molar-refractivity contribution is -0.137. The van der Waals surface area contributed by atoms with Gasteiger partial charge in [-0.3, -0.25) is 9.59 Å². The lowest BCUT2D eigenvalue weighted by Crippen LogP contribution is -2.44. The van der Waals surface area contributed by atoms with Crippen LogP contribution in [0.2, 0.25) is 0 Å². The predicted octanol–water partition coefficient (Wildman–Crippen LogP) is 4.48. The van der Waals surface area contributed by atoms with Crippen LogP contribution in [-0.2, 0) is 9.59 Å². The van der Waals surface area contributed by atoms with E-state index in [1.807, 2.05) is 53.4 Å². The summed E-state index contributed by atoms with van der Waals surface area (Å²) in [6, 6.07) is 15.6. The van der Waals surface area contributed by atoms with Crippen molar-refractivity contribution in [3.05, 3.63) is 53.0 Å². The Morgan fingerprint density at radius 2 is 1.94 bits per heavy atom. The third-order valence-electron chi connectivity index (χ3n) is 5.89. The van der Waals surface area contributed by atoms with E-state index < -0.39 is 0 Å². The van der Waals surface area contributed by atoms with E-state index in [1.54, 1.807) is 16.2 Å². The minimum absolute atomic E-state index is 0.00510. The Morgan fingerprint density at radius 3 is 2.71 bits per heavy atom. The molecule has 0 saturated carbocycles. The standard InChI is InChI=1S/C23H22BrN3O3S/c24-16-4-3-5-17(13-16)27-14-15(12-21(27)28)22(29)26-10-8-18(9-11-26)30-23-25-19-6-1-2-7-20(19)31-23/h1-7,13,15,18H,8-12,14H2. The zero-order chi connectivity index (χ0) is 21.4. The van der Waals surface area contributed by atoms with Gasteiger partial charge in [0.25, 0.3) is 5.19 Å². The summed E-state index contributed by atoms with van der Waals surface area (Å²) >= 11 is 5.00. The Kier molecular flexibility index (Phi) is 5.67. The highest BCUT2D eigenvalue weighted by Crippen LogP contribution is 2.31. The van der Waals surface area contributed by atoms with Gasteiger partial charge in [-0.2, -0.15) is 0 Å². The molecule has 2 aliphatic heterocycles. The zero-order valence-corrected chi connectivity index (χ0v) is 19.3. The number of benzene rings is 2. The molecule has 2 saturated heterocycles. The van der Waals surface area contributed by atoms with Crippen molar-refractivity contribution in [1.82, 2.24) is 9.88 Å². The second kappa shape index (κ2) is 8.59. The van der Waals surface area contributed by atoms with Crippen LogP contribution in [0, 0.1) is 5.92 Å². The molecule has 31 heavy (non-hydrogen) atoms. The van der Waals surface area contributed by atoms with Crippen molar-refractivity contribution in [2.24, 2.45) is 5.92 Å². The maximum absolute atomic E-state index is 13.1. The number of para-hydroxylation sites is 1. The number of fused-ring (bicyclic) bond motifs is 1. The molecule has 0 radical (unpaired) electrons. The van der Waals surface area contributed by atoms with Gasteiger partial charge in [0, 0.05) is 49.1 Å². The van der Waals surface area contributed by atoms with E-state index in [2.05, 4.69) is 20.9 Å². The number of aromatic nitrogens is 1.